The largest absolute Gasteiger partial charge is 0.480 e. The number of benzene rings is 2. The summed E-state index contributed by atoms with van der Waals surface area (Å²) in [5.41, 5.74) is 6.33. The van der Waals surface area contributed by atoms with Gasteiger partial charge in [0.2, 0.25) is 5.91 Å². The molecular weight excluding hydrogens is 302 g/mol. The van der Waals surface area contributed by atoms with Crippen LogP contribution in [0, 0.1) is 5.92 Å². The fourth-order valence-corrected chi connectivity index (χ4v) is 3.44. The maximum Gasteiger partial charge on any atom is 0.324 e. The van der Waals surface area contributed by atoms with E-state index in [2.05, 4.69) is 0 Å². The molecule has 2 aromatic rings. The number of carbonyl (C=O) groups is 2. The topological polar surface area (TPSA) is 80.4 Å². The predicted molar refractivity (Wildman–Crippen MR) is 94.5 cm³/mol. The molecule has 24 heavy (non-hydrogen) atoms. The van der Waals surface area contributed by atoms with E-state index in [0.29, 0.717) is 18.4 Å². The summed E-state index contributed by atoms with van der Waals surface area (Å²) in [7, 11) is 0. The fraction of sp³-hybridized carbons (Fsp3) is 0.300. The lowest BCUT2D eigenvalue weighted by Crippen LogP contribution is -2.53. The van der Waals surface area contributed by atoms with Gasteiger partial charge in [0.1, 0.15) is 0 Å². The van der Waals surface area contributed by atoms with E-state index in [-0.39, 0.29) is 5.92 Å². The van der Waals surface area contributed by atoms with E-state index < -0.39 is 17.3 Å². The lowest BCUT2D eigenvalue weighted by Gasteiger charge is -2.34. The third-order valence-corrected chi connectivity index (χ3v) is 4.77. The zero-order valence-corrected chi connectivity index (χ0v) is 14.0. The summed E-state index contributed by atoms with van der Waals surface area (Å²) >= 11 is 0. The molecule has 3 N–H and O–H groups in total. The van der Waals surface area contributed by atoms with E-state index in [9.17, 15) is 14.7 Å². The minimum atomic E-state index is -1.70. The Labute approximate surface area is 142 Å². The maximum absolute atomic E-state index is 12.2. The van der Waals surface area contributed by atoms with Crippen molar-refractivity contribution in [3.05, 3.63) is 60.2 Å². The molecule has 0 aliphatic rings. The average Bonchev–Trinajstić information content (AvgIpc) is 2.60. The maximum atomic E-state index is 12.2. The Bertz CT molecular complexity index is 689. The molecule has 0 saturated carbocycles. The number of amides is 1. The van der Waals surface area contributed by atoms with E-state index in [1.807, 2.05) is 56.3 Å². The van der Waals surface area contributed by atoms with Crippen LogP contribution in [0.5, 0.6) is 0 Å². The van der Waals surface area contributed by atoms with E-state index in [0.717, 1.165) is 11.1 Å². The number of hydrogen-bond donors (Lipinski definition) is 2. The van der Waals surface area contributed by atoms with Gasteiger partial charge in [-0.25, -0.2) is 0 Å². The zero-order valence-electron chi connectivity index (χ0n) is 14.0. The monoisotopic (exact) mass is 325 g/mol. The Hall–Kier alpha value is -2.62. The SMILES string of the molecule is CCC(CC)C(C(N)=O)(C(=O)O)c1ccc(-c2ccccc2)cc1. The normalized spacial score (nSPS) is 13.5. The molecule has 1 unspecified atom stereocenters. The average molecular weight is 325 g/mol. The quantitative estimate of drug-likeness (QED) is 0.763. The highest BCUT2D eigenvalue weighted by atomic mass is 16.4. The number of primary amides is 1. The number of carbonyl (C=O) groups excluding carboxylic acids is 1. The lowest BCUT2D eigenvalue weighted by atomic mass is 9.67. The van der Waals surface area contributed by atoms with Gasteiger partial charge < -0.3 is 10.8 Å². The molecule has 4 nitrogen and oxygen atoms in total. The third kappa shape index (κ3) is 2.92. The molecule has 0 saturated heterocycles. The van der Waals surface area contributed by atoms with Crippen LogP contribution in [0.3, 0.4) is 0 Å². The molecule has 0 aliphatic heterocycles. The van der Waals surface area contributed by atoms with Crippen LogP contribution in [0.2, 0.25) is 0 Å². The number of aliphatic carboxylic acids is 1. The van der Waals surface area contributed by atoms with Gasteiger partial charge in [0, 0.05) is 0 Å². The second-order valence-corrected chi connectivity index (χ2v) is 5.93. The summed E-state index contributed by atoms with van der Waals surface area (Å²) in [4.78, 5) is 24.3. The second kappa shape index (κ2) is 7.30. The Kier molecular flexibility index (Phi) is 5.39. The summed E-state index contributed by atoms with van der Waals surface area (Å²) < 4.78 is 0. The Balaban J connectivity index is 2.55. The van der Waals surface area contributed by atoms with Crippen molar-refractivity contribution in [2.75, 3.05) is 0 Å². The van der Waals surface area contributed by atoms with Crippen molar-refractivity contribution in [3.63, 3.8) is 0 Å². The molecule has 4 heteroatoms. The van der Waals surface area contributed by atoms with Crippen LogP contribution in [0.4, 0.5) is 0 Å². The Morgan fingerprint density at radius 2 is 1.46 bits per heavy atom. The van der Waals surface area contributed by atoms with Gasteiger partial charge in [-0.15, -0.1) is 0 Å². The third-order valence-electron chi connectivity index (χ3n) is 4.77. The number of rotatable bonds is 7. The van der Waals surface area contributed by atoms with Crippen LogP contribution in [0.1, 0.15) is 32.3 Å². The minimum absolute atomic E-state index is 0.352. The minimum Gasteiger partial charge on any atom is -0.480 e. The molecule has 0 bridgehead atoms. The molecule has 126 valence electrons. The molecule has 1 amide bonds. The first-order valence-corrected chi connectivity index (χ1v) is 8.17. The molecule has 0 aromatic heterocycles. The van der Waals surface area contributed by atoms with Crippen molar-refractivity contribution < 1.29 is 14.7 Å². The fourth-order valence-electron chi connectivity index (χ4n) is 3.44. The first-order valence-electron chi connectivity index (χ1n) is 8.17. The van der Waals surface area contributed by atoms with E-state index >= 15 is 0 Å². The zero-order chi connectivity index (χ0) is 17.7. The van der Waals surface area contributed by atoms with Gasteiger partial charge in [-0.1, -0.05) is 81.3 Å². The van der Waals surface area contributed by atoms with Crippen LogP contribution < -0.4 is 5.73 Å². The highest BCUT2D eigenvalue weighted by Crippen LogP contribution is 2.38. The van der Waals surface area contributed by atoms with Gasteiger partial charge in [0.05, 0.1) is 0 Å². The molecule has 0 radical (unpaired) electrons. The molecule has 1 atom stereocenters. The molecule has 2 aromatic carbocycles. The Morgan fingerprint density at radius 3 is 1.88 bits per heavy atom. The summed E-state index contributed by atoms with van der Waals surface area (Å²) in [6, 6.07) is 16.9. The van der Waals surface area contributed by atoms with Crippen molar-refractivity contribution in [2.45, 2.75) is 32.1 Å². The van der Waals surface area contributed by atoms with Gasteiger partial charge in [-0.05, 0) is 22.6 Å². The standard InChI is InChI=1S/C20H23NO3/c1-3-16(4-2)20(18(21)22,19(23)24)17-12-10-15(11-13-17)14-8-6-5-7-9-14/h5-13,16H,3-4H2,1-2H3,(H2,21,22)(H,23,24). The first-order chi connectivity index (χ1) is 11.5. The van der Waals surface area contributed by atoms with Gasteiger partial charge in [0.25, 0.3) is 0 Å². The first kappa shape index (κ1) is 17.7. The van der Waals surface area contributed by atoms with Gasteiger partial charge >= 0.3 is 5.97 Å². The second-order valence-electron chi connectivity index (χ2n) is 5.93. The van der Waals surface area contributed by atoms with Crippen LogP contribution in [-0.2, 0) is 15.0 Å². The van der Waals surface area contributed by atoms with Crippen LogP contribution >= 0.6 is 0 Å². The smallest absolute Gasteiger partial charge is 0.324 e. The van der Waals surface area contributed by atoms with E-state index in [1.165, 1.54) is 0 Å². The van der Waals surface area contributed by atoms with E-state index in [4.69, 9.17) is 5.73 Å². The van der Waals surface area contributed by atoms with Crippen molar-refractivity contribution >= 4 is 11.9 Å². The molecule has 0 fully saturated rings. The highest BCUT2D eigenvalue weighted by Gasteiger charge is 2.51. The van der Waals surface area contributed by atoms with Crippen LogP contribution in [0.25, 0.3) is 11.1 Å². The molecule has 0 aliphatic carbocycles. The molecular formula is C20H23NO3. The van der Waals surface area contributed by atoms with Crippen LogP contribution in [0.15, 0.2) is 54.6 Å². The molecule has 0 spiro atoms. The summed E-state index contributed by atoms with van der Waals surface area (Å²) in [6.07, 6.45) is 1.12. The summed E-state index contributed by atoms with van der Waals surface area (Å²) in [5, 5.41) is 9.87. The number of hydrogen-bond acceptors (Lipinski definition) is 2. The van der Waals surface area contributed by atoms with Gasteiger partial charge in [-0.3, -0.25) is 9.59 Å². The van der Waals surface area contributed by atoms with Crippen molar-refractivity contribution in [3.8, 4) is 11.1 Å². The van der Waals surface area contributed by atoms with Crippen LogP contribution in [-0.4, -0.2) is 17.0 Å². The Morgan fingerprint density at radius 1 is 0.958 bits per heavy atom. The summed E-state index contributed by atoms with van der Waals surface area (Å²) in [6.45, 7) is 3.76. The number of nitrogens with two attached hydrogens (primary N) is 1. The molecule has 2 rings (SSSR count). The lowest BCUT2D eigenvalue weighted by molar-refractivity contribution is -0.151. The van der Waals surface area contributed by atoms with Crippen molar-refractivity contribution in [1.82, 2.24) is 0 Å². The number of carboxylic acids is 1. The van der Waals surface area contributed by atoms with Gasteiger partial charge in [0.15, 0.2) is 5.41 Å². The van der Waals surface area contributed by atoms with Crippen molar-refractivity contribution in [2.24, 2.45) is 11.7 Å². The van der Waals surface area contributed by atoms with Gasteiger partial charge in [-0.2, -0.15) is 0 Å². The highest BCUT2D eigenvalue weighted by molar-refractivity contribution is 6.07. The predicted octanol–water partition coefficient (Wildman–Crippen LogP) is 3.60. The molecule has 0 heterocycles. The number of carboxylic acid groups (broad SMARTS) is 1. The van der Waals surface area contributed by atoms with Crippen molar-refractivity contribution in [1.29, 1.82) is 0 Å². The summed E-state index contributed by atoms with van der Waals surface area (Å²) in [5.74, 6) is -2.35. The van der Waals surface area contributed by atoms with E-state index in [1.54, 1.807) is 12.1 Å².